The highest BCUT2D eigenvalue weighted by molar-refractivity contribution is 5.76. The van der Waals surface area contributed by atoms with Crippen molar-refractivity contribution in [2.45, 2.75) is 33.4 Å². The van der Waals surface area contributed by atoms with Crippen molar-refractivity contribution >= 4 is 11.7 Å². The number of hydrogen-bond acceptors (Lipinski definition) is 3. The fraction of sp³-hybridized carbons (Fsp3) is 0.571. The third-order valence-corrected chi connectivity index (χ3v) is 2.54. The van der Waals surface area contributed by atoms with Crippen molar-refractivity contribution in [3.63, 3.8) is 0 Å². The van der Waals surface area contributed by atoms with Crippen molar-refractivity contribution in [3.8, 4) is 0 Å². The van der Waals surface area contributed by atoms with E-state index in [0.717, 1.165) is 6.07 Å². The molecule has 1 aromatic heterocycles. The summed E-state index contributed by atoms with van der Waals surface area (Å²) in [5.74, 6) is -0.351. The van der Waals surface area contributed by atoms with E-state index >= 15 is 0 Å². The number of carbonyl (C=O) groups excluding carboxylic acids is 1. The Hall–Kier alpha value is -1.79. The first-order valence-corrected chi connectivity index (χ1v) is 6.62. The minimum atomic E-state index is -4.45. The van der Waals surface area contributed by atoms with Gasteiger partial charge in [0.1, 0.15) is 5.82 Å². The maximum absolute atomic E-state index is 12.7. The normalized spacial score (nSPS) is 12.1. The van der Waals surface area contributed by atoms with Crippen LogP contribution < -0.4 is 10.6 Å². The van der Waals surface area contributed by atoms with Crippen molar-refractivity contribution in [2.24, 2.45) is 5.41 Å². The summed E-state index contributed by atoms with van der Waals surface area (Å²) in [6.45, 7) is 6.23. The second-order valence-electron chi connectivity index (χ2n) is 5.91. The van der Waals surface area contributed by atoms with Crippen LogP contribution in [-0.4, -0.2) is 24.0 Å². The number of pyridine rings is 1. The molecule has 0 aliphatic rings. The summed E-state index contributed by atoms with van der Waals surface area (Å²) in [5.41, 5.74) is -0.937. The average molecular weight is 303 g/mol. The van der Waals surface area contributed by atoms with Crippen molar-refractivity contribution in [2.75, 3.05) is 18.4 Å². The zero-order valence-corrected chi connectivity index (χ0v) is 12.3. The lowest BCUT2D eigenvalue weighted by molar-refractivity contribution is -0.137. The van der Waals surface area contributed by atoms with Crippen LogP contribution in [0.4, 0.5) is 19.0 Å². The number of alkyl halides is 3. The van der Waals surface area contributed by atoms with Gasteiger partial charge in [-0.2, -0.15) is 13.2 Å². The molecule has 0 saturated carbocycles. The van der Waals surface area contributed by atoms with Crippen molar-refractivity contribution in [1.82, 2.24) is 10.3 Å². The van der Waals surface area contributed by atoms with Gasteiger partial charge in [-0.1, -0.05) is 20.8 Å². The van der Waals surface area contributed by atoms with Gasteiger partial charge in [-0.25, -0.2) is 4.98 Å². The number of halogens is 3. The van der Waals surface area contributed by atoms with Crippen LogP contribution in [0.15, 0.2) is 18.3 Å². The minimum absolute atomic E-state index is 0.123. The van der Waals surface area contributed by atoms with E-state index in [1.54, 1.807) is 0 Å². The smallest absolute Gasteiger partial charge is 0.368 e. The molecule has 2 N–H and O–H groups in total. The Labute approximate surface area is 122 Å². The van der Waals surface area contributed by atoms with Crippen LogP contribution in [0.3, 0.4) is 0 Å². The van der Waals surface area contributed by atoms with Gasteiger partial charge in [0.15, 0.2) is 0 Å². The van der Waals surface area contributed by atoms with Crippen LogP contribution in [0.2, 0.25) is 0 Å². The van der Waals surface area contributed by atoms with Crippen molar-refractivity contribution < 1.29 is 18.0 Å². The van der Waals surface area contributed by atoms with Crippen LogP contribution in [0.25, 0.3) is 0 Å². The average Bonchev–Trinajstić information content (AvgIpc) is 2.32. The molecule has 0 bridgehead atoms. The summed E-state index contributed by atoms with van der Waals surface area (Å²) in [6, 6.07) is 2.20. The summed E-state index contributed by atoms with van der Waals surface area (Å²) in [5, 5.41) is 5.25. The maximum Gasteiger partial charge on any atom is 0.419 e. The quantitative estimate of drug-likeness (QED) is 0.822. The SMILES string of the molecule is CC(C)(C)CC(=O)NCCNc1ncccc1C(F)(F)F. The molecule has 1 heterocycles. The van der Waals surface area contributed by atoms with E-state index in [0.29, 0.717) is 6.42 Å². The Kier molecular flexibility index (Phi) is 5.57. The first-order valence-electron chi connectivity index (χ1n) is 6.62. The number of carbonyl (C=O) groups is 1. The van der Waals surface area contributed by atoms with E-state index in [9.17, 15) is 18.0 Å². The maximum atomic E-state index is 12.7. The standard InChI is InChI=1S/C14H20F3N3O/c1-13(2,3)9-11(21)18-7-8-20-12-10(14(15,16)17)5-4-6-19-12/h4-6H,7-9H2,1-3H3,(H,18,21)(H,19,20). The highest BCUT2D eigenvalue weighted by atomic mass is 19.4. The molecule has 0 unspecified atom stereocenters. The Morgan fingerprint density at radius 3 is 2.48 bits per heavy atom. The lowest BCUT2D eigenvalue weighted by Gasteiger charge is -2.17. The van der Waals surface area contributed by atoms with Crippen LogP contribution in [0.5, 0.6) is 0 Å². The largest absolute Gasteiger partial charge is 0.419 e. The molecule has 0 aromatic carbocycles. The molecule has 0 radical (unpaired) electrons. The first kappa shape index (κ1) is 17.3. The van der Waals surface area contributed by atoms with Gasteiger partial charge in [0, 0.05) is 25.7 Å². The fourth-order valence-electron chi connectivity index (χ4n) is 1.70. The third-order valence-electron chi connectivity index (χ3n) is 2.54. The molecule has 1 amide bonds. The summed E-state index contributed by atoms with van der Waals surface area (Å²) < 4.78 is 38.2. The van der Waals surface area contributed by atoms with Gasteiger partial charge in [0.25, 0.3) is 0 Å². The Balaban J connectivity index is 2.46. The number of nitrogens with one attached hydrogen (secondary N) is 2. The predicted molar refractivity (Wildman–Crippen MR) is 74.8 cm³/mol. The van der Waals surface area contributed by atoms with E-state index in [1.807, 2.05) is 20.8 Å². The Bertz CT molecular complexity index is 481. The molecule has 0 aliphatic heterocycles. The Morgan fingerprint density at radius 2 is 1.90 bits per heavy atom. The van der Waals surface area contributed by atoms with E-state index in [2.05, 4.69) is 15.6 Å². The monoisotopic (exact) mass is 303 g/mol. The van der Waals surface area contributed by atoms with Gasteiger partial charge >= 0.3 is 6.18 Å². The summed E-state index contributed by atoms with van der Waals surface area (Å²) in [7, 11) is 0. The predicted octanol–water partition coefficient (Wildman–Crippen LogP) is 3.06. The van der Waals surface area contributed by atoms with Crippen LogP contribution >= 0.6 is 0 Å². The lowest BCUT2D eigenvalue weighted by Crippen LogP contribution is -2.31. The summed E-state index contributed by atoms with van der Waals surface area (Å²) in [4.78, 5) is 15.2. The molecule has 118 valence electrons. The third kappa shape index (κ3) is 6.46. The number of hydrogen-bond donors (Lipinski definition) is 2. The van der Waals surface area contributed by atoms with Gasteiger partial charge in [-0.3, -0.25) is 4.79 Å². The molecular weight excluding hydrogens is 283 g/mol. The van der Waals surface area contributed by atoms with Gasteiger partial charge in [0.2, 0.25) is 5.91 Å². The fourth-order valence-corrected chi connectivity index (χ4v) is 1.70. The molecule has 1 aromatic rings. The zero-order chi connectivity index (χ0) is 16.1. The van der Waals surface area contributed by atoms with E-state index < -0.39 is 11.7 Å². The second-order valence-corrected chi connectivity index (χ2v) is 5.91. The second kappa shape index (κ2) is 6.78. The van der Waals surface area contributed by atoms with Crippen molar-refractivity contribution in [3.05, 3.63) is 23.9 Å². The van der Waals surface area contributed by atoms with Crippen LogP contribution in [0, 0.1) is 5.41 Å². The summed E-state index contributed by atoms with van der Waals surface area (Å²) >= 11 is 0. The Morgan fingerprint density at radius 1 is 1.24 bits per heavy atom. The molecule has 0 spiro atoms. The van der Waals surface area contributed by atoms with Crippen molar-refractivity contribution in [1.29, 1.82) is 0 Å². The molecule has 21 heavy (non-hydrogen) atoms. The number of nitrogens with zero attached hydrogens (tertiary/aromatic N) is 1. The van der Waals surface area contributed by atoms with Crippen LogP contribution in [0.1, 0.15) is 32.8 Å². The highest BCUT2D eigenvalue weighted by Gasteiger charge is 2.33. The van der Waals surface area contributed by atoms with E-state index in [-0.39, 0.29) is 30.2 Å². The topological polar surface area (TPSA) is 54.0 Å². The van der Waals surface area contributed by atoms with Gasteiger partial charge in [-0.05, 0) is 17.5 Å². The van der Waals surface area contributed by atoms with Gasteiger partial charge < -0.3 is 10.6 Å². The molecule has 0 fully saturated rings. The summed E-state index contributed by atoms with van der Waals surface area (Å²) in [6.07, 6.45) is -2.80. The van der Waals surface area contributed by atoms with Crippen LogP contribution in [-0.2, 0) is 11.0 Å². The van der Waals surface area contributed by atoms with Gasteiger partial charge in [0.05, 0.1) is 5.56 Å². The molecule has 1 rings (SSSR count). The minimum Gasteiger partial charge on any atom is -0.368 e. The molecule has 0 aliphatic carbocycles. The molecular formula is C14H20F3N3O. The number of amides is 1. The van der Waals surface area contributed by atoms with E-state index in [4.69, 9.17) is 0 Å². The van der Waals surface area contributed by atoms with E-state index in [1.165, 1.54) is 12.3 Å². The lowest BCUT2D eigenvalue weighted by atomic mass is 9.92. The number of anilines is 1. The first-order chi connectivity index (χ1) is 9.59. The molecule has 0 atom stereocenters. The highest BCUT2D eigenvalue weighted by Crippen LogP contribution is 2.33. The molecule has 4 nitrogen and oxygen atoms in total. The molecule has 0 saturated heterocycles. The van der Waals surface area contributed by atoms with Gasteiger partial charge in [-0.15, -0.1) is 0 Å². The number of rotatable bonds is 5. The molecule has 7 heteroatoms. The number of aromatic nitrogens is 1. The zero-order valence-electron chi connectivity index (χ0n) is 12.3.